The normalized spacial score (nSPS) is 20.0. The van der Waals surface area contributed by atoms with Gasteiger partial charge in [-0.25, -0.2) is 0 Å². The topological polar surface area (TPSA) is 92.3 Å². The maximum Gasteiger partial charge on any atom is 0.163 e. The van der Waals surface area contributed by atoms with Crippen LogP contribution >= 0.6 is 12.2 Å². The molecule has 1 heterocycles. The predicted octanol–water partition coefficient (Wildman–Crippen LogP) is 0.402. The molecule has 0 fully saturated rings. The summed E-state index contributed by atoms with van der Waals surface area (Å²) >= 11 is 4.83. The van der Waals surface area contributed by atoms with Gasteiger partial charge in [0.05, 0.1) is 26.8 Å². The molecule has 0 saturated carbocycles. The van der Waals surface area contributed by atoms with E-state index < -0.39 is 5.54 Å². The Morgan fingerprint density at radius 1 is 1.48 bits per heavy atom. The zero-order valence-electron chi connectivity index (χ0n) is 12.0. The van der Waals surface area contributed by atoms with Crippen LogP contribution in [0.2, 0.25) is 0 Å². The molecule has 4 N–H and O–H groups in total. The Hall–Kier alpha value is -2.04. The summed E-state index contributed by atoms with van der Waals surface area (Å²) in [5.74, 6) is 1.25. The third-order valence-electron chi connectivity index (χ3n) is 3.61. The van der Waals surface area contributed by atoms with Crippen molar-refractivity contribution < 1.29 is 9.47 Å². The van der Waals surface area contributed by atoms with Crippen LogP contribution in [-0.4, -0.2) is 32.4 Å². The lowest BCUT2D eigenvalue weighted by Gasteiger charge is -2.35. The number of nitriles is 1. The average molecular weight is 306 g/mol. The molecule has 2 rings (SSSR count). The molecule has 0 spiro atoms. The third kappa shape index (κ3) is 2.86. The molecular weight excluding hydrogens is 288 g/mol. The van der Waals surface area contributed by atoms with E-state index in [1.165, 1.54) is 0 Å². The lowest BCUT2D eigenvalue weighted by atomic mass is 9.83. The first-order valence-electron chi connectivity index (χ1n) is 6.51. The van der Waals surface area contributed by atoms with E-state index in [-0.39, 0.29) is 5.11 Å². The second kappa shape index (κ2) is 6.16. The van der Waals surface area contributed by atoms with Crippen LogP contribution in [0.3, 0.4) is 0 Å². The van der Waals surface area contributed by atoms with Crippen molar-refractivity contribution in [2.75, 3.05) is 27.3 Å². The highest BCUT2D eigenvalue weighted by molar-refractivity contribution is 7.80. The third-order valence-corrected chi connectivity index (χ3v) is 3.75. The van der Waals surface area contributed by atoms with Crippen molar-refractivity contribution in [2.45, 2.75) is 12.0 Å². The molecule has 0 radical (unpaired) electrons. The summed E-state index contributed by atoms with van der Waals surface area (Å²) in [6.07, 6.45) is 0.812. The van der Waals surface area contributed by atoms with Gasteiger partial charge in [0.25, 0.3) is 0 Å². The van der Waals surface area contributed by atoms with Gasteiger partial charge < -0.3 is 20.5 Å². The fourth-order valence-electron chi connectivity index (χ4n) is 2.55. The Labute approximate surface area is 129 Å². The molecule has 0 saturated heterocycles. The van der Waals surface area contributed by atoms with Gasteiger partial charge in [0.15, 0.2) is 16.6 Å². The van der Waals surface area contributed by atoms with E-state index in [1.807, 2.05) is 12.1 Å². The molecule has 0 aliphatic carbocycles. The molecular formula is C14H18N4O2S. The van der Waals surface area contributed by atoms with Gasteiger partial charge in [-0.3, -0.25) is 5.32 Å². The van der Waals surface area contributed by atoms with Gasteiger partial charge in [0.1, 0.15) is 5.54 Å². The quantitative estimate of drug-likeness (QED) is 0.693. The summed E-state index contributed by atoms with van der Waals surface area (Å²) < 4.78 is 10.7. The molecule has 1 aliphatic rings. The zero-order valence-corrected chi connectivity index (χ0v) is 12.8. The Balaban J connectivity index is 2.50. The number of nitrogens with one attached hydrogen (secondary N) is 2. The van der Waals surface area contributed by atoms with Crippen molar-refractivity contribution >= 4 is 17.3 Å². The van der Waals surface area contributed by atoms with Gasteiger partial charge in [-0.15, -0.1) is 0 Å². The molecule has 1 unspecified atom stereocenters. The Kier molecular flexibility index (Phi) is 4.50. The number of ether oxygens (including phenoxy) is 2. The lowest BCUT2D eigenvalue weighted by molar-refractivity contribution is 0.347. The number of fused-ring (bicyclic) bond motifs is 1. The molecule has 21 heavy (non-hydrogen) atoms. The molecule has 112 valence electrons. The number of nitrogens with zero attached hydrogens (tertiary/aromatic N) is 1. The highest BCUT2D eigenvalue weighted by Gasteiger charge is 2.37. The monoisotopic (exact) mass is 306 g/mol. The summed E-state index contributed by atoms with van der Waals surface area (Å²) in [5.41, 5.74) is 6.50. The summed E-state index contributed by atoms with van der Waals surface area (Å²) in [6.45, 7) is 0.983. The van der Waals surface area contributed by atoms with Gasteiger partial charge in [-0.2, -0.15) is 5.26 Å². The Morgan fingerprint density at radius 2 is 2.14 bits per heavy atom. The lowest BCUT2D eigenvalue weighted by Crippen LogP contribution is -2.54. The SMILES string of the molecule is COc1cc2c(cc1OC)C(C#N)(CNC(N)=S)NCC2. The zero-order chi connectivity index (χ0) is 15.5. The summed E-state index contributed by atoms with van der Waals surface area (Å²) in [6, 6.07) is 6.09. The molecule has 1 aliphatic heterocycles. The maximum atomic E-state index is 9.68. The van der Waals surface area contributed by atoms with Gasteiger partial charge in [-0.05, 0) is 41.9 Å². The van der Waals surface area contributed by atoms with Crippen molar-refractivity contribution in [3.63, 3.8) is 0 Å². The van der Waals surface area contributed by atoms with Crippen molar-refractivity contribution in [3.8, 4) is 17.6 Å². The molecule has 0 aromatic heterocycles. The van der Waals surface area contributed by atoms with Gasteiger partial charge in [0.2, 0.25) is 0 Å². The predicted molar refractivity (Wildman–Crippen MR) is 83.3 cm³/mol. The van der Waals surface area contributed by atoms with Crippen LogP contribution in [0.4, 0.5) is 0 Å². The van der Waals surface area contributed by atoms with E-state index in [2.05, 4.69) is 16.7 Å². The van der Waals surface area contributed by atoms with Gasteiger partial charge in [-0.1, -0.05) is 0 Å². The Bertz CT molecular complexity index is 599. The second-order valence-electron chi connectivity index (χ2n) is 4.78. The number of nitrogens with two attached hydrogens (primary N) is 1. The Morgan fingerprint density at radius 3 is 2.71 bits per heavy atom. The van der Waals surface area contributed by atoms with Crippen LogP contribution in [0.1, 0.15) is 11.1 Å². The molecule has 1 atom stereocenters. The number of thiocarbonyl (C=S) groups is 1. The van der Waals surface area contributed by atoms with Crippen molar-refractivity contribution in [3.05, 3.63) is 23.3 Å². The molecule has 6 nitrogen and oxygen atoms in total. The first-order valence-corrected chi connectivity index (χ1v) is 6.92. The van der Waals surface area contributed by atoms with Crippen LogP contribution in [0.15, 0.2) is 12.1 Å². The standard InChI is InChI=1S/C14H18N4O2S/c1-19-11-5-9-3-4-18-14(7-15,8-17-13(16)21)10(9)6-12(11)20-2/h5-6,18H,3-4,8H2,1-2H3,(H3,16,17,21). The highest BCUT2D eigenvalue weighted by atomic mass is 32.1. The first-order chi connectivity index (χ1) is 10.1. The van der Waals surface area contributed by atoms with E-state index in [0.717, 1.165) is 17.5 Å². The summed E-state index contributed by atoms with van der Waals surface area (Å²) in [5, 5.41) is 16.0. The number of methoxy groups -OCH3 is 2. The van der Waals surface area contributed by atoms with E-state index in [4.69, 9.17) is 27.4 Å². The molecule has 0 amide bonds. The number of rotatable bonds is 4. The molecule has 1 aromatic carbocycles. The van der Waals surface area contributed by atoms with Crippen molar-refractivity contribution in [1.82, 2.24) is 10.6 Å². The van der Waals surface area contributed by atoms with Crippen LogP contribution in [0, 0.1) is 11.3 Å². The minimum absolute atomic E-state index is 0.166. The fourth-order valence-corrected chi connectivity index (χ4v) is 2.62. The molecule has 0 bridgehead atoms. The second-order valence-corrected chi connectivity index (χ2v) is 5.22. The fraction of sp³-hybridized carbons (Fsp3) is 0.429. The van der Waals surface area contributed by atoms with Gasteiger partial charge >= 0.3 is 0 Å². The van der Waals surface area contributed by atoms with E-state index in [1.54, 1.807) is 14.2 Å². The largest absolute Gasteiger partial charge is 0.493 e. The maximum absolute atomic E-state index is 9.68. The number of benzene rings is 1. The van der Waals surface area contributed by atoms with Gasteiger partial charge in [0, 0.05) is 6.54 Å². The number of hydrogen-bond donors (Lipinski definition) is 3. The minimum Gasteiger partial charge on any atom is -0.493 e. The van der Waals surface area contributed by atoms with E-state index in [0.29, 0.717) is 24.6 Å². The highest BCUT2D eigenvalue weighted by Crippen LogP contribution is 2.37. The number of hydrogen-bond acceptors (Lipinski definition) is 5. The molecule has 7 heteroatoms. The minimum atomic E-state index is -0.892. The first kappa shape index (κ1) is 15.4. The van der Waals surface area contributed by atoms with Crippen molar-refractivity contribution in [2.24, 2.45) is 5.73 Å². The van der Waals surface area contributed by atoms with Crippen LogP contribution in [0.25, 0.3) is 0 Å². The van der Waals surface area contributed by atoms with Crippen molar-refractivity contribution in [1.29, 1.82) is 5.26 Å². The van der Waals surface area contributed by atoms with E-state index in [9.17, 15) is 5.26 Å². The van der Waals surface area contributed by atoms with Crippen LogP contribution in [-0.2, 0) is 12.0 Å². The molecule has 1 aromatic rings. The van der Waals surface area contributed by atoms with E-state index >= 15 is 0 Å². The smallest absolute Gasteiger partial charge is 0.163 e. The summed E-state index contributed by atoms with van der Waals surface area (Å²) in [7, 11) is 3.17. The van der Waals surface area contributed by atoms with Crippen LogP contribution in [0.5, 0.6) is 11.5 Å². The average Bonchev–Trinajstić information content (AvgIpc) is 2.51. The summed E-state index contributed by atoms with van der Waals surface area (Å²) in [4.78, 5) is 0. The van der Waals surface area contributed by atoms with Crippen LogP contribution < -0.4 is 25.8 Å².